The summed E-state index contributed by atoms with van der Waals surface area (Å²) >= 11 is 6.14. The van der Waals surface area contributed by atoms with E-state index in [1.54, 1.807) is 13.3 Å². The molecule has 1 aliphatic rings. The van der Waals surface area contributed by atoms with Crippen molar-refractivity contribution in [2.24, 2.45) is 11.8 Å². The molecule has 1 N–H and O–H groups in total. The Morgan fingerprint density at radius 2 is 2.14 bits per heavy atom. The molecule has 2 rings (SSSR count). The maximum Gasteiger partial charge on any atom is 0.287 e. The zero-order valence-electron chi connectivity index (χ0n) is 12.8. The molecule has 1 aromatic rings. The summed E-state index contributed by atoms with van der Waals surface area (Å²) in [6, 6.07) is 0. The Bertz CT molecular complexity index is 510. The Balaban J connectivity index is 1.94. The van der Waals surface area contributed by atoms with Gasteiger partial charge in [0.1, 0.15) is 5.02 Å². The monoisotopic (exact) mass is 313 g/mol. The van der Waals surface area contributed by atoms with Crippen LogP contribution in [0.2, 0.25) is 5.02 Å². The summed E-state index contributed by atoms with van der Waals surface area (Å²) in [5.41, 5.74) is 0.366. The van der Waals surface area contributed by atoms with E-state index in [0.717, 1.165) is 12.5 Å². The van der Waals surface area contributed by atoms with Crippen LogP contribution in [0.3, 0.4) is 0 Å². The molecule has 21 heavy (non-hydrogen) atoms. The molecule has 0 atom stereocenters. The summed E-state index contributed by atoms with van der Waals surface area (Å²) < 4.78 is 6.28. The molecule has 0 unspecified atom stereocenters. The van der Waals surface area contributed by atoms with Crippen LogP contribution in [0.15, 0.2) is 11.0 Å². The van der Waals surface area contributed by atoms with Gasteiger partial charge in [-0.15, -0.1) is 0 Å². The first-order chi connectivity index (χ1) is 10.1. The second-order valence-corrected chi connectivity index (χ2v) is 6.28. The van der Waals surface area contributed by atoms with Crippen molar-refractivity contribution in [3.63, 3.8) is 0 Å². The Morgan fingerprint density at radius 3 is 2.81 bits per heavy atom. The number of ether oxygens (including phenoxy) is 1. The molecule has 0 bridgehead atoms. The summed E-state index contributed by atoms with van der Waals surface area (Å²) in [6.45, 7) is 4.02. The average molecular weight is 314 g/mol. The minimum atomic E-state index is -0.268. The first-order valence-electron chi connectivity index (χ1n) is 7.60. The van der Waals surface area contributed by atoms with E-state index in [0.29, 0.717) is 24.8 Å². The fraction of sp³-hybridized carbons (Fsp3) is 0.733. The first-order valence-corrected chi connectivity index (χ1v) is 7.98. The normalized spacial score (nSPS) is 22.2. The molecule has 1 heterocycles. The number of halogens is 1. The third-order valence-electron chi connectivity index (χ3n) is 4.21. The molecule has 1 fully saturated rings. The number of nitrogens with one attached hydrogen (secondary N) is 1. The molecule has 0 spiro atoms. The van der Waals surface area contributed by atoms with Gasteiger partial charge in [0, 0.05) is 13.7 Å². The van der Waals surface area contributed by atoms with Crippen LogP contribution < -0.4 is 10.9 Å². The van der Waals surface area contributed by atoms with Gasteiger partial charge < -0.3 is 10.1 Å². The van der Waals surface area contributed by atoms with Crippen LogP contribution >= 0.6 is 11.6 Å². The lowest BCUT2D eigenvalue weighted by Crippen LogP contribution is -2.27. The fourth-order valence-corrected chi connectivity index (χ4v) is 2.93. The van der Waals surface area contributed by atoms with E-state index in [4.69, 9.17) is 16.3 Å². The summed E-state index contributed by atoms with van der Waals surface area (Å²) in [7, 11) is 1.59. The number of rotatable bonds is 6. The van der Waals surface area contributed by atoms with Crippen molar-refractivity contribution in [1.29, 1.82) is 0 Å². The van der Waals surface area contributed by atoms with Gasteiger partial charge in [-0.25, -0.2) is 4.68 Å². The van der Waals surface area contributed by atoms with E-state index in [-0.39, 0.29) is 10.6 Å². The Labute approximate surface area is 130 Å². The van der Waals surface area contributed by atoms with Crippen molar-refractivity contribution in [2.45, 2.75) is 39.2 Å². The number of hydrogen-bond acceptors (Lipinski definition) is 4. The smallest absolute Gasteiger partial charge is 0.287 e. The second kappa shape index (κ2) is 7.80. The molecule has 0 aromatic carbocycles. The van der Waals surface area contributed by atoms with E-state index < -0.39 is 0 Å². The van der Waals surface area contributed by atoms with Gasteiger partial charge in [0.15, 0.2) is 0 Å². The van der Waals surface area contributed by atoms with E-state index >= 15 is 0 Å². The van der Waals surface area contributed by atoms with E-state index in [1.165, 1.54) is 30.4 Å². The molecule has 0 amide bonds. The van der Waals surface area contributed by atoms with Crippen LogP contribution in [-0.4, -0.2) is 30.0 Å². The highest BCUT2D eigenvalue weighted by molar-refractivity contribution is 6.32. The topological polar surface area (TPSA) is 56.1 Å². The lowest BCUT2D eigenvalue weighted by atomic mass is 9.83. The van der Waals surface area contributed by atoms with Crippen LogP contribution in [0.1, 0.15) is 32.6 Å². The standard InChI is InChI=1S/C15H24ClN3O2/c1-11-3-5-12(6-4-11)9-17-13-10-18-19(7-8-21-2)15(20)14(13)16/h10-12,17H,3-9H2,1-2H3. The van der Waals surface area contributed by atoms with E-state index in [2.05, 4.69) is 17.3 Å². The largest absolute Gasteiger partial charge is 0.383 e. The highest BCUT2D eigenvalue weighted by Gasteiger charge is 2.18. The zero-order valence-corrected chi connectivity index (χ0v) is 13.5. The van der Waals surface area contributed by atoms with Gasteiger partial charge in [-0.3, -0.25) is 4.79 Å². The van der Waals surface area contributed by atoms with Crippen molar-refractivity contribution >= 4 is 17.3 Å². The Hall–Kier alpha value is -1.07. The second-order valence-electron chi connectivity index (χ2n) is 5.90. The molecule has 0 aliphatic heterocycles. The molecule has 1 aliphatic carbocycles. The van der Waals surface area contributed by atoms with Crippen molar-refractivity contribution in [1.82, 2.24) is 9.78 Å². The number of hydrogen-bond donors (Lipinski definition) is 1. The minimum absolute atomic E-state index is 0.213. The van der Waals surface area contributed by atoms with Crippen molar-refractivity contribution in [3.8, 4) is 0 Å². The molecular formula is C15H24ClN3O2. The van der Waals surface area contributed by atoms with Gasteiger partial charge in [-0.2, -0.15) is 5.10 Å². The highest BCUT2D eigenvalue weighted by Crippen LogP contribution is 2.28. The van der Waals surface area contributed by atoms with Gasteiger partial charge >= 0.3 is 0 Å². The van der Waals surface area contributed by atoms with E-state index in [9.17, 15) is 4.79 Å². The predicted molar refractivity (Wildman–Crippen MR) is 85.0 cm³/mol. The number of aromatic nitrogens is 2. The van der Waals surface area contributed by atoms with Crippen LogP contribution in [0.5, 0.6) is 0 Å². The quantitative estimate of drug-likeness (QED) is 0.877. The molecule has 1 aromatic heterocycles. The number of anilines is 1. The lowest BCUT2D eigenvalue weighted by Gasteiger charge is -2.26. The minimum Gasteiger partial charge on any atom is -0.383 e. The number of methoxy groups -OCH3 is 1. The molecule has 0 radical (unpaired) electrons. The van der Waals surface area contributed by atoms with Crippen molar-refractivity contribution in [3.05, 3.63) is 21.6 Å². The van der Waals surface area contributed by atoms with Crippen molar-refractivity contribution < 1.29 is 4.74 Å². The average Bonchev–Trinajstić information content (AvgIpc) is 2.49. The maximum absolute atomic E-state index is 12.1. The molecule has 5 nitrogen and oxygen atoms in total. The molecule has 0 saturated heterocycles. The SMILES string of the molecule is COCCn1ncc(NCC2CCC(C)CC2)c(Cl)c1=O. The Kier molecular flexibility index (Phi) is 6.06. The van der Waals surface area contributed by atoms with Gasteiger partial charge in [0.05, 0.1) is 25.0 Å². The third-order valence-corrected chi connectivity index (χ3v) is 4.57. The van der Waals surface area contributed by atoms with Gasteiger partial charge in [0.2, 0.25) is 0 Å². The Morgan fingerprint density at radius 1 is 1.43 bits per heavy atom. The first kappa shape index (κ1) is 16.3. The summed E-state index contributed by atoms with van der Waals surface area (Å²) in [5.74, 6) is 1.50. The highest BCUT2D eigenvalue weighted by atomic mass is 35.5. The predicted octanol–water partition coefficient (Wildman–Crippen LogP) is 2.78. The summed E-state index contributed by atoms with van der Waals surface area (Å²) in [6.07, 6.45) is 6.69. The fourth-order valence-electron chi connectivity index (χ4n) is 2.71. The molecular weight excluding hydrogens is 290 g/mol. The van der Waals surface area contributed by atoms with Crippen LogP contribution in [0.25, 0.3) is 0 Å². The lowest BCUT2D eigenvalue weighted by molar-refractivity contribution is 0.182. The summed E-state index contributed by atoms with van der Waals surface area (Å²) in [5, 5.41) is 7.63. The zero-order chi connectivity index (χ0) is 15.2. The van der Waals surface area contributed by atoms with Crippen LogP contribution in [0.4, 0.5) is 5.69 Å². The van der Waals surface area contributed by atoms with Crippen LogP contribution in [0, 0.1) is 11.8 Å². The summed E-state index contributed by atoms with van der Waals surface area (Å²) in [4.78, 5) is 12.1. The van der Waals surface area contributed by atoms with Crippen molar-refractivity contribution in [2.75, 3.05) is 25.6 Å². The van der Waals surface area contributed by atoms with E-state index in [1.807, 2.05) is 0 Å². The van der Waals surface area contributed by atoms with Gasteiger partial charge in [0.25, 0.3) is 5.56 Å². The maximum atomic E-state index is 12.1. The molecule has 1 saturated carbocycles. The molecule has 6 heteroatoms. The van der Waals surface area contributed by atoms with Gasteiger partial charge in [-0.05, 0) is 24.7 Å². The van der Waals surface area contributed by atoms with Crippen LogP contribution in [-0.2, 0) is 11.3 Å². The molecule has 118 valence electrons. The third kappa shape index (κ3) is 4.45. The number of nitrogens with zero attached hydrogens (tertiary/aromatic N) is 2. The van der Waals surface area contributed by atoms with Gasteiger partial charge in [-0.1, -0.05) is 31.4 Å².